The highest BCUT2D eigenvalue weighted by Crippen LogP contribution is 2.36. The summed E-state index contributed by atoms with van der Waals surface area (Å²) in [5.74, 6) is 0. The Hall–Kier alpha value is -0.0800. The topological polar surface area (TPSA) is 23.5 Å². The van der Waals surface area contributed by atoms with Crippen LogP contribution in [0.15, 0.2) is 0 Å². The molecule has 1 aliphatic heterocycles. The summed E-state index contributed by atoms with van der Waals surface area (Å²) in [7, 11) is 0. The number of likely N-dealkylation sites (tertiary alicyclic amines) is 1. The van der Waals surface area contributed by atoms with Gasteiger partial charge in [-0.15, -0.1) is 0 Å². The van der Waals surface area contributed by atoms with E-state index in [1.54, 1.807) is 0 Å². The van der Waals surface area contributed by atoms with E-state index in [-0.39, 0.29) is 12.1 Å². The van der Waals surface area contributed by atoms with Gasteiger partial charge in [-0.3, -0.25) is 4.90 Å². The Kier molecular flexibility index (Phi) is 3.03. The second-order valence-electron chi connectivity index (χ2n) is 5.31. The van der Waals surface area contributed by atoms with Gasteiger partial charge in [0.25, 0.3) is 0 Å². The molecule has 1 rings (SSSR count). The molecule has 2 heteroatoms. The molecule has 78 valence electrons. The fourth-order valence-electron chi connectivity index (χ4n) is 1.93. The minimum atomic E-state index is -0.0348. The molecule has 0 saturated carbocycles. The molecule has 0 aromatic rings. The minimum Gasteiger partial charge on any atom is -0.394 e. The second kappa shape index (κ2) is 3.58. The van der Waals surface area contributed by atoms with Crippen LogP contribution in [0, 0.1) is 5.41 Å². The van der Waals surface area contributed by atoms with Crippen molar-refractivity contribution >= 4 is 0 Å². The molecule has 0 aliphatic carbocycles. The van der Waals surface area contributed by atoms with Gasteiger partial charge in [0.15, 0.2) is 0 Å². The molecule has 1 fully saturated rings. The van der Waals surface area contributed by atoms with Gasteiger partial charge in [0.2, 0.25) is 0 Å². The lowest BCUT2D eigenvalue weighted by atomic mass is 9.87. The summed E-state index contributed by atoms with van der Waals surface area (Å²) in [5.41, 5.74) is 0.444. The van der Waals surface area contributed by atoms with Crippen LogP contribution in [-0.2, 0) is 0 Å². The first-order chi connectivity index (χ1) is 5.93. The Morgan fingerprint density at radius 3 is 2.46 bits per heavy atom. The summed E-state index contributed by atoms with van der Waals surface area (Å²) in [4.78, 5) is 2.41. The minimum absolute atomic E-state index is 0.0348. The Balaban J connectivity index is 2.59. The first-order valence-corrected chi connectivity index (χ1v) is 5.29. The molecule has 1 atom stereocenters. The van der Waals surface area contributed by atoms with Crippen LogP contribution in [0.5, 0.6) is 0 Å². The van der Waals surface area contributed by atoms with E-state index in [4.69, 9.17) is 0 Å². The third kappa shape index (κ3) is 2.23. The maximum absolute atomic E-state index is 9.26. The molecule has 1 saturated heterocycles. The van der Waals surface area contributed by atoms with Crippen LogP contribution in [0.25, 0.3) is 0 Å². The predicted octanol–water partition coefficient (Wildman–Crippen LogP) is 1.88. The Morgan fingerprint density at radius 2 is 2.08 bits per heavy atom. The van der Waals surface area contributed by atoms with Gasteiger partial charge >= 0.3 is 0 Å². The van der Waals surface area contributed by atoms with Crippen LogP contribution < -0.4 is 0 Å². The van der Waals surface area contributed by atoms with Crippen LogP contribution in [-0.4, -0.2) is 35.2 Å². The second-order valence-corrected chi connectivity index (χ2v) is 5.31. The third-order valence-corrected chi connectivity index (χ3v) is 3.65. The molecule has 1 aliphatic rings. The molecule has 0 aromatic heterocycles. The molecule has 1 heterocycles. The van der Waals surface area contributed by atoms with E-state index in [9.17, 15) is 5.11 Å². The van der Waals surface area contributed by atoms with Gasteiger partial charge in [-0.2, -0.15) is 0 Å². The zero-order valence-electron chi connectivity index (χ0n) is 9.43. The van der Waals surface area contributed by atoms with Crippen molar-refractivity contribution in [2.45, 2.75) is 46.1 Å². The zero-order chi connectivity index (χ0) is 10.1. The standard InChI is InChI=1S/C11H23NO/c1-5-11(4)6-7-12(8-11)10(2,3)9-13/h13H,5-9H2,1-4H3. The lowest BCUT2D eigenvalue weighted by molar-refractivity contribution is 0.0677. The van der Waals surface area contributed by atoms with Crippen molar-refractivity contribution in [2.24, 2.45) is 5.41 Å². The molecule has 0 amide bonds. The number of nitrogens with zero attached hydrogens (tertiary/aromatic N) is 1. The van der Waals surface area contributed by atoms with Crippen LogP contribution in [0.3, 0.4) is 0 Å². The molecule has 1 unspecified atom stereocenters. The van der Waals surface area contributed by atoms with E-state index < -0.39 is 0 Å². The molecule has 0 radical (unpaired) electrons. The zero-order valence-corrected chi connectivity index (χ0v) is 9.43. The van der Waals surface area contributed by atoms with Gasteiger partial charge in [0.05, 0.1) is 6.61 Å². The van der Waals surface area contributed by atoms with Crippen LogP contribution in [0.4, 0.5) is 0 Å². The molecule has 0 bridgehead atoms. The van der Waals surface area contributed by atoms with E-state index in [0.717, 1.165) is 13.1 Å². The van der Waals surface area contributed by atoms with Gasteiger partial charge in [-0.25, -0.2) is 0 Å². The van der Waals surface area contributed by atoms with Gasteiger partial charge in [0.1, 0.15) is 0 Å². The van der Waals surface area contributed by atoms with E-state index in [1.807, 2.05) is 0 Å². The first kappa shape index (κ1) is 11.0. The predicted molar refractivity (Wildman–Crippen MR) is 55.8 cm³/mol. The number of aliphatic hydroxyl groups is 1. The van der Waals surface area contributed by atoms with E-state index >= 15 is 0 Å². The van der Waals surface area contributed by atoms with Gasteiger partial charge < -0.3 is 5.11 Å². The van der Waals surface area contributed by atoms with Gasteiger partial charge in [0, 0.05) is 12.1 Å². The largest absolute Gasteiger partial charge is 0.394 e. The Morgan fingerprint density at radius 1 is 1.46 bits per heavy atom. The monoisotopic (exact) mass is 185 g/mol. The maximum Gasteiger partial charge on any atom is 0.0610 e. The van der Waals surface area contributed by atoms with Crippen molar-refractivity contribution in [2.75, 3.05) is 19.7 Å². The van der Waals surface area contributed by atoms with Gasteiger partial charge in [-0.05, 0) is 38.6 Å². The lowest BCUT2D eigenvalue weighted by Crippen LogP contribution is -2.46. The van der Waals surface area contributed by atoms with Crippen molar-refractivity contribution in [1.29, 1.82) is 0 Å². The summed E-state index contributed by atoms with van der Waals surface area (Å²) < 4.78 is 0. The Bertz CT molecular complexity index is 179. The Labute approximate surface area is 81.9 Å². The average Bonchev–Trinajstić information content (AvgIpc) is 2.50. The summed E-state index contributed by atoms with van der Waals surface area (Å²) in [6.45, 7) is 11.4. The smallest absolute Gasteiger partial charge is 0.0610 e. The molecule has 0 spiro atoms. The quantitative estimate of drug-likeness (QED) is 0.725. The molecular formula is C11H23NO. The SMILES string of the molecule is CCC1(C)CCN(C(C)(C)CO)C1. The number of hydrogen-bond donors (Lipinski definition) is 1. The van der Waals surface area contributed by atoms with Crippen LogP contribution in [0.2, 0.25) is 0 Å². The highest BCUT2D eigenvalue weighted by atomic mass is 16.3. The van der Waals surface area contributed by atoms with Crippen molar-refractivity contribution in [1.82, 2.24) is 4.90 Å². The fourth-order valence-corrected chi connectivity index (χ4v) is 1.93. The summed E-state index contributed by atoms with van der Waals surface area (Å²) >= 11 is 0. The fraction of sp³-hybridized carbons (Fsp3) is 1.00. The summed E-state index contributed by atoms with van der Waals surface area (Å²) in [5, 5.41) is 9.26. The van der Waals surface area contributed by atoms with Gasteiger partial charge in [-0.1, -0.05) is 13.8 Å². The third-order valence-electron chi connectivity index (χ3n) is 3.65. The highest BCUT2D eigenvalue weighted by Gasteiger charge is 2.38. The highest BCUT2D eigenvalue weighted by molar-refractivity contribution is 4.92. The van der Waals surface area contributed by atoms with E-state index in [2.05, 4.69) is 32.6 Å². The molecular weight excluding hydrogens is 162 g/mol. The molecule has 13 heavy (non-hydrogen) atoms. The van der Waals surface area contributed by atoms with Crippen molar-refractivity contribution < 1.29 is 5.11 Å². The number of aliphatic hydroxyl groups excluding tert-OH is 1. The number of hydrogen-bond acceptors (Lipinski definition) is 2. The van der Waals surface area contributed by atoms with Crippen LogP contribution >= 0.6 is 0 Å². The maximum atomic E-state index is 9.26. The lowest BCUT2D eigenvalue weighted by Gasteiger charge is -2.35. The molecule has 0 aromatic carbocycles. The average molecular weight is 185 g/mol. The van der Waals surface area contributed by atoms with Crippen molar-refractivity contribution in [3.05, 3.63) is 0 Å². The number of rotatable bonds is 3. The van der Waals surface area contributed by atoms with Crippen molar-refractivity contribution in [3.63, 3.8) is 0 Å². The van der Waals surface area contributed by atoms with Crippen LogP contribution in [0.1, 0.15) is 40.5 Å². The van der Waals surface area contributed by atoms with E-state index in [1.165, 1.54) is 12.8 Å². The molecule has 1 N–H and O–H groups in total. The first-order valence-electron chi connectivity index (χ1n) is 5.29. The molecule has 2 nitrogen and oxygen atoms in total. The van der Waals surface area contributed by atoms with E-state index in [0.29, 0.717) is 5.41 Å². The van der Waals surface area contributed by atoms with Crippen molar-refractivity contribution in [3.8, 4) is 0 Å². The summed E-state index contributed by atoms with van der Waals surface area (Å²) in [6.07, 6.45) is 2.51. The normalized spacial score (nSPS) is 31.2. The summed E-state index contributed by atoms with van der Waals surface area (Å²) in [6, 6.07) is 0.